The highest BCUT2D eigenvalue weighted by atomic mass is 16.5. The van der Waals surface area contributed by atoms with E-state index in [2.05, 4.69) is 15.7 Å². The van der Waals surface area contributed by atoms with Gasteiger partial charge >= 0.3 is 6.03 Å². The van der Waals surface area contributed by atoms with Gasteiger partial charge in [0.25, 0.3) is 0 Å². The molecule has 0 bridgehead atoms. The molecule has 0 aliphatic carbocycles. The number of hydrogen-bond donors (Lipinski definition) is 2. The van der Waals surface area contributed by atoms with Crippen molar-refractivity contribution in [1.82, 2.24) is 15.1 Å². The van der Waals surface area contributed by atoms with E-state index in [1.165, 1.54) is 0 Å². The van der Waals surface area contributed by atoms with Gasteiger partial charge in [0.05, 0.1) is 13.7 Å². The Labute approximate surface area is 186 Å². The zero-order valence-electron chi connectivity index (χ0n) is 17.7. The number of benzene rings is 3. The lowest BCUT2D eigenvalue weighted by molar-refractivity contribution is 0.251. The van der Waals surface area contributed by atoms with Gasteiger partial charge < -0.3 is 20.1 Å². The molecule has 4 aromatic rings. The summed E-state index contributed by atoms with van der Waals surface area (Å²) in [5, 5.41) is 9.90. The summed E-state index contributed by atoms with van der Waals surface area (Å²) in [7, 11) is 1.60. The van der Waals surface area contributed by atoms with Gasteiger partial charge in [0.15, 0.2) is 11.5 Å². The van der Waals surface area contributed by atoms with E-state index in [0.29, 0.717) is 29.5 Å². The fourth-order valence-electron chi connectivity index (χ4n) is 3.14. The Hall–Kier alpha value is -4.26. The first-order chi connectivity index (χ1) is 15.7. The van der Waals surface area contributed by atoms with E-state index in [1.54, 1.807) is 37.6 Å². The molecule has 0 atom stereocenters. The smallest absolute Gasteiger partial charge is 0.319 e. The fraction of sp³-hybridized carbons (Fsp3) is 0.120. The molecule has 0 aliphatic rings. The number of aromatic nitrogens is 2. The zero-order valence-corrected chi connectivity index (χ0v) is 17.7. The molecular weight excluding hydrogens is 404 g/mol. The van der Waals surface area contributed by atoms with Crippen LogP contribution in [0.4, 0.5) is 10.5 Å². The first-order valence-corrected chi connectivity index (χ1v) is 10.2. The minimum Gasteiger partial charge on any atom is -0.493 e. The van der Waals surface area contributed by atoms with Crippen LogP contribution >= 0.6 is 0 Å². The van der Waals surface area contributed by atoms with Gasteiger partial charge in [-0.2, -0.15) is 5.10 Å². The van der Waals surface area contributed by atoms with Gasteiger partial charge in [-0.1, -0.05) is 36.4 Å². The maximum absolute atomic E-state index is 12.2. The van der Waals surface area contributed by atoms with Crippen LogP contribution in [0.3, 0.4) is 0 Å². The van der Waals surface area contributed by atoms with Crippen LogP contribution in [0.1, 0.15) is 11.1 Å². The number of methoxy groups -OCH3 is 1. The number of amides is 2. The number of ether oxygens (including phenoxy) is 2. The number of carbonyl (C=O) groups is 1. The number of carbonyl (C=O) groups excluding carboxylic acids is 1. The second-order valence-electron chi connectivity index (χ2n) is 7.11. The van der Waals surface area contributed by atoms with Crippen molar-refractivity contribution in [3.05, 3.63) is 102 Å². The van der Waals surface area contributed by atoms with Gasteiger partial charge in [0.1, 0.15) is 5.75 Å². The lowest BCUT2D eigenvalue weighted by Crippen LogP contribution is -2.28. The van der Waals surface area contributed by atoms with E-state index in [-0.39, 0.29) is 6.03 Å². The summed E-state index contributed by atoms with van der Waals surface area (Å²) in [6.45, 7) is 1.15. The van der Waals surface area contributed by atoms with Gasteiger partial charge in [-0.05, 0) is 53.6 Å². The van der Waals surface area contributed by atoms with Gasteiger partial charge in [0, 0.05) is 24.6 Å². The highest BCUT2D eigenvalue weighted by Gasteiger charge is 2.06. The van der Waals surface area contributed by atoms with Crippen LogP contribution < -0.4 is 20.1 Å². The molecule has 32 heavy (non-hydrogen) atoms. The summed E-state index contributed by atoms with van der Waals surface area (Å²) in [5.41, 5.74) is 2.84. The molecule has 2 N–H and O–H groups in total. The van der Waals surface area contributed by atoms with Crippen LogP contribution in [-0.4, -0.2) is 22.9 Å². The Balaban J connectivity index is 1.26. The first kappa shape index (κ1) is 21.0. The van der Waals surface area contributed by atoms with E-state index in [9.17, 15) is 4.79 Å². The van der Waals surface area contributed by atoms with Crippen molar-refractivity contribution in [3.63, 3.8) is 0 Å². The molecule has 0 radical (unpaired) electrons. The number of nitrogens with zero attached hydrogens (tertiary/aromatic N) is 2. The molecule has 7 heteroatoms. The van der Waals surface area contributed by atoms with Crippen LogP contribution in [0, 0.1) is 0 Å². The highest BCUT2D eigenvalue weighted by molar-refractivity contribution is 5.89. The van der Waals surface area contributed by atoms with Crippen LogP contribution in [0.5, 0.6) is 17.2 Å². The Morgan fingerprint density at radius 3 is 2.31 bits per heavy atom. The largest absolute Gasteiger partial charge is 0.493 e. The lowest BCUT2D eigenvalue weighted by Gasteiger charge is -2.11. The molecule has 7 nitrogen and oxygen atoms in total. The van der Waals surface area contributed by atoms with Gasteiger partial charge in [-0.25, -0.2) is 4.79 Å². The third-order valence-corrected chi connectivity index (χ3v) is 4.79. The van der Waals surface area contributed by atoms with Crippen LogP contribution in [0.2, 0.25) is 0 Å². The van der Waals surface area contributed by atoms with E-state index in [0.717, 1.165) is 17.7 Å². The highest BCUT2D eigenvalue weighted by Crippen LogP contribution is 2.31. The number of para-hydroxylation sites is 2. The SMILES string of the molecule is COc1ccccc1Oc1ccc(NC(=O)NCc2ccc(Cn3cccn3)cc2)cc1. The van der Waals surface area contributed by atoms with E-state index < -0.39 is 0 Å². The quantitative estimate of drug-likeness (QED) is 0.412. The Kier molecular flexibility index (Phi) is 6.67. The zero-order chi connectivity index (χ0) is 22.2. The predicted octanol–water partition coefficient (Wildman–Crippen LogP) is 5.05. The first-order valence-electron chi connectivity index (χ1n) is 10.2. The van der Waals surface area contributed by atoms with Crippen molar-refractivity contribution in [1.29, 1.82) is 0 Å². The molecule has 0 saturated heterocycles. The van der Waals surface area contributed by atoms with Crippen molar-refractivity contribution < 1.29 is 14.3 Å². The number of urea groups is 1. The van der Waals surface area contributed by atoms with E-state index in [1.807, 2.05) is 65.5 Å². The summed E-state index contributed by atoms with van der Waals surface area (Å²) < 4.78 is 13.0. The molecule has 3 aromatic carbocycles. The Morgan fingerprint density at radius 2 is 1.62 bits per heavy atom. The standard InChI is InChI=1S/C25H24N4O3/c1-31-23-5-2-3-6-24(23)32-22-13-11-21(12-14-22)28-25(30)26-17-19-7-9-20(10-8-19)18-29-16-4-15-27-29/h2-16H,17-18H2,1H3,(H2,26,28,30). The Morgan fingerprint density at radius 1 is 0.906 bits per heavy atom. The molecule has 4 rings (SSSR count). The normalized spacial score (nSPS) is 10.4. The van der Waals surface area contributed by atoms with Crippen molar-refractivity contribution in [2.45, 2.75) is 13.1 Å². The van der Waals surface area contributed by atoms with Crippen molar-refractivity contribution in [2.75, 3.05) is 12.4 Å². The maximum atomic E-state index is 12.2. The molecule has 0 aliphatic heterocycles. The molecule has 0 spiro atoms. The fourth-order valence-corrected chi connectivity index (χ4v) is 3.14. The topological polar surface area (TPSA) is 77.4 Å². The van der Waals surface area contributed by atoms with Gasteiger partial charge in [-0.15, -0.1) is 0 Å². The summed E-state index contributed by atoms with van der Waals surface area (Å²) >= 11 is 0. The van der Waals surface area contributed by atoms with Gasteiger partial charge in [-0.3, -0.25) is 4.68 Å². The molecule has 0 saturated carbocycles. The molecule has 1 aromatic heterocycles. The maximum Gasteiger partial charge on any atom is 0.319 e. The lowest BCUT2D eigenvalue weighted by atomic mass is 10.1. The summed E-state index contributed by atoms with van der Waals surface area (Å²) in [6, 6.07) is 24.3. The molecular formula is C25H24N4O3. The minimum absolute atomic E-state index is 0.274. The van der Waals surface area contributed by atoms with E-state index >= 15 is 0 Å². The van der Waals surface area contributed by atoms with Gasteiger partial charge in [0.2, 0.25) is 0 Å². The van der Waals surface area contributed by atoms with Crippen molar-refractivity contribution in [2.24, 2.45) is 0 Å². The molecule has 1 heterocycles. The van der Waals surface area contributed by atoms with E-state index in [4.69, 9.17) is 9.47 Å². The number of hydrogen-bond acceptors (Lipinski definition) is 4. The monoisotopic (exact) mass is 428 g/mol. The summed E-state index contributed by atoms with van der Waals surface area (Å²) in [5.74, 6) is 1.93. The molecule has 2 amide bonds. The van der Waals surface area contributed by atoms with Crippen LogP contribution in [0.15, 0.2) is 91.3 Å². The van der Waals surface area contributed by atoms with Crippen molar-refractivity contribution in [3.8, 4) is 17.2 Å². The number of anilines is 1. The predicted molar refractivity (Wildman–Crippen MR) is 123 cm³/mol. The van der Waals surface area contributed by atoms with Crippen molar-refractivity contribution >= 4 is 11.7 Å². The molecule has 0 unspecified atom stereocenters. The minimum atomic E-state index is -0.274. The second kappa shape index (κ2) is 10.2. The summed E-state index contributed by atoms with van der Waals surface area (Å²) in [6.07, 6.45) is 3.69. The molecule has 162 valence electrons. The number of rotatable bonds is 8. The molecule has 0 fully saturated rings. The second-order valence-corrected chi connectivity index (χ2v) is 7.11. The average molecular weight is 428 g/mol. The van der Waals surface area contributed by atoms with Crippen LogP contribution in [-0.2, 0) is 13.1 Å². The number of nitrogens with one attached hydrogen (secondary N) is 2. The average Bonchev–Trinajstić information content (AvgIpc) is 3.33. The Bertz CT molecular complexity index is 1140. The third kappa shape index (κ3) is 5.66. The third-order valence-electron chi connectivity index (χ3n) is 4.79. The summed E-state index contributed by atoms with van der Waals surface area (Å²) in [4.78, 5) is 12.2. The van der Waals surface area contributed by atoms with Crippen LogP contribution in [0.25, 0.3) is 0 Å².